The minimum atomic E-state index is -3.75. The summed E-state index contributed by atoms with van der Waals surface area (Å²) in [6, 6.07) is 2.75. The highest BCUT2D eigenvalue weighted by Gasteiger charge is 2.51. The summed E-state index contributed by atoms with van der Waals surface area (Å²) in [7, 11) is -3.75. The van der Waals surface area contributed by atoms with Crippen LogP contribution in [-0.2, 0) is 10.0 Å². The zero-order valence-corrected chi connectivity index (χ0v) is 17.5. The predicted octanol–water partition coefficient (Wildman–Crippen LogP) is 3.84. The molecule has 1 N–H and O–H groups in total. The number of carbonyl (C=O) groups excluding carboxylic acids is 1. The summed E-state index contributed by atoms with van der Waals surface area (Å²) in [5.74, 6) is 3.19. The minimum Gasteiger partial charge on any atom is -0.493 e. The molecule has 2 bridgehead atoms. The molecule has 0 saturated heterocycles. The van der Waals surface area contributed by atoms with Crippen molar-refractivity contribution in [2.24, 2.45) is 29.6 Å². The fourth-order valence-corrected chi connectivity index (χ4v) is 6.73. The number of amides is 1. The van der Waals surface area contributed by atoms with Crippen molar-refractivity contribution in [2.75, 3.05) is 12.9 Å². The van der Waals surface area contributed by atoms with Crippen molar-refractivity contribution in [1.29, 1.82) is 0 Å². The molecule has 4 aliphatic rings. The number of benzene rings is 1. The first-order chi connectivity index (χ1) is 13.8. The maximum atomic E-state index is 14.6. The van der Waals surface area contributed by atoms with Gasteiger partial charge in [0, 0.05) is 6.07 Å². The van der Waals surface area contributed by atoms with Crippen LogP contribution in [0.3, 0.4) is 0 Å². The summed E-state index contributed by atoms with van der Waals surface area (Å²) in [6.07, 6.45) is 9.51. The third kappa shape index (κ3) is 3.78. The van der Waals surface area contributed by atoms with E-state index in [1.165, 1.54) is 44.2 Å². The molecule has 5 nitrogen and oxygen atoms in total. The van der Waals surface area contributed by atoms with E-state index >= 15 is 0 Å². The molecule has 0 aliphatic heterocycles. The van der Waals surface area contributed by atoms with Crippen LogP contribution in [0, 0.1) is 35.4 Å². The first kappa shape index (κ1) is 19.3. The van der Waals surface area contributed by atoms with Crippen LogP contribution in [0.25, 0.3) is 0 Å². The molecule has 0 spiro atoms. The van der Waals surface area contributed by atoms with Crippen LogP contribution < -0.4 is 9.46 Å². The second kappa shape index (κ2) is 6.96. The number of hydrogen-bond acceptors (Lipinski definition) is 4. The molecule has 158 valence electrons. The van der Waals surface area contributed by atoms with Crippen molar-refractivity contribution in [3.8, 4) is 5.75 Å². The fourth-order valence-electron chi connectivity index (χ4n) is 6.28. The number of carbonyl (C=O) groups is 1. The van der Waals surface area contributed by atoms with Crippen molar-refractivity contribution < 1.29 is 22.3 Å². The Morgan fingerprint density at radius 3 is 2.34 bits per heavy atom. The largest absolute Gasteiger partial charge is 0.493 e. The second-order valence-electron chi connectivity index (χ2n) is 9.66. The van der Waals surface area contributed by atoms with Gasteiger partial charge in [-0.05, 0) is 92.1 Å². The van der Waals surface area contributed by atoms with Crippen LogP contribution in [0.1, 0.15) is 66.8 Å². The molecule has 4 atom stereocenters. The normalized spacial score (nSPS) is 33.0. The molecule has 4 unspecified atom stereocenters. The summed E-state index contributed by atoms with van der Waals surface area (Å²) in [6.45, 7) is 0.598. The third-order valence-corrected chi connectivity index (χ3v) is 8.16. The van der Waals surface area contributed by atoms with Crippen LogP contribution >= 0.6 is 0 Å². The highest BCUT2D eigenvalue weighted by molar-refractivity contribution is 7.89. The summed E-state index contributed by atoms with van der Waals surface area (Å²) >= 11 is 0. The lowest BCUT2D eigenvalue weighted by Gasteiger charge is -2.23. The van der Waals surface area contributed by atoms with Gasteiger partial charge in [-0.2, -0.15) is 0 Å². The highest BCUT2D eigenvalue weighted by atomic mass is 32.2. The molecule has 1 aromatic rings. The van der Waals surface area contributed by atoms with E-state index in [-0.39, 0.29) is 11.5 Å². The number of nitrogens with one attached hydrogen (secondary N) is 1. The molecule has 4 saturated carbocycles. The Hall–Kier alpha value is -1.63. The lowest BCUT2D eigenvalue weighted by molar-refractivity contribution is 0.0977. The van der Waals surface area contributed by atoms with Crippen molar-refractivity contribution in [1.82, 2.24) is 4.72 Å². The van der Waals surface area contributed by atoms with Crippen LogP contribution in [0.5, 0.6) is 5.75 Å². The van der Waals surface area contributed by atoms with Crippen molar-refractivity contribution in [3.05, 3.63) is 29.1 Å². The van der Waals surface area contributed by atoms with Gasteiger partial charge in [0.05, 0.1) is 18.4 Å². The molecular formula is C22H28FNO4S. The number of hydrogen-bond donors (Lipinski definition) is 1. The van der Waals surface area contributed by atoms with Gasteiger partial charge in [-0.1, -0.05) is 0 Å². The van der Waals surface area contributed by atoms with Crippen LogP contribution in [0.15, 0.2) is 12.1 Å². The predicted molar refractivity (Wildman–Crippen MR) is 107 cm³/mol. The molecule has 0 heterocycles. The molecule has 1 amide bonds. The van der Waals surface area contributed by atoms with E-state index in [4.69, 9.17) is 4.74 Å². The average molecular weight is 422 g/mol. The monoisotopic (exact) mass is 421 g/mol. The quantitative estimate of drug-likeness (QED) is 0.757. The van der Waals surface area contributed by atoms with E-state index in [1.807, 2.05) is 4.72 Å². The summed E-state index contributed by atoms with van der Waals surface area (Å²) in [4.78, 5) is 12.2. The molecule has 7 heteroatoms. The topological polar surface area (TPSA) is 72.5 Å². The van der Waals surface area contributed by atoms with Crippen molar-refractivity contribution >= 4 is 15.9 Å². The lowest BCUT2D eigenvalue weighted by Crippen LogP contribution is -2.30. The number of sulfonamides is 1. The third-order valence-electron chi connectivity index (χ3n) is 7.60. The van der Waals surface area contributed by atoms with Crippen LogP contribution in [0.4, 0.5) is 4.39 Å². The van der Waals surface area contributed by atoms with Gasteiger partial charge in [-0.3, -0.25) is 4.79 Å². The summed E-state index contributed by atoms with van der Waals surface area (Å²) < 4.78 is 45.2. The fraction of sp³-hybridized carbons (Fsp3) is 0.682. The zero-order chi connectivity index (χ0) is 20.3. The first-order valence-electron chi connectivity index (χ1n) is 10.8. The van der Waals surface area contributed by atoms with Gasteiger partial charge in [0.15, 0.2) is 0 Å². The smallest absolute Gasteiger partial charge is 0.267 e. The van der Waals surface area contributed by atoms with E-state index in [9.17, 15) is 17.6 Å². The second-order valence-corrected chi connectivity index (χ2v) is 11.4. The van der Waals surface area contributed by atoms with Gasteiger partial charge < -0.3 is 4.74 Å². The maximum Gasteiger partial charge on any atom is 0.267 e. The van der Waals surface area contributed by atoms with Gasteiger partial charge >= 0.3 is 0 Å². The van der Waals surface area contributed by atoms with Crippen LogP contribution in [-0.4, -0.2) is 27.2 Å². The van der Waals surface area contributed by atoms with Gasteiger partial charge in [-0.15, -0.1) is 0 Å². The standard InChI is InChI=1S/C22H28FNO4S/c1-29(26,27)24-22(25)19-9-18(13-2-3-13)21(10-20(19)23)28-11-12-6-16-14-4-5-15(8-14)17(16)7-12/h9-10,12-17H,2-8,11H2,1H3,(H,24,25). The Kier molecular flexibility index (Phi) is 4.64. The minimum absolute atomic E-state index is 0.239. The molecule has 5 rings (SSSR count). The maximum absolute atomic E-state index is 14.6. The molecule has 0 aromatic heterocycles. The molecule has 4 fully saturated rings. The van der Waals surface area contributed by atoms with Crippen molar-refractivity contribution in [2.45, 2.75) is 50.9 Å². The zero-order valence-electron chi connectivity index (χ0n) is 16.7. The SMILES string of the molecule is CS(=O)(=O)NC(=O)c1cc(C2CC2)c(OCC2CC3C4CCC(C4)C3C2)cc1F. The number of fused-ring (bicyclic) bond motifs is 5. The van der Waals surface area contributed by atoms with E-state index in [0.29, 0.717) is 18.3 Å². The summed E-state index contributed by atoms with van der Waals surface area (Å²) in [5.41, 5.74) is 0.583. The van der Waals surface area contributed by atoms with Gasteiger partial charge in [0.2, 0.25) is 10.0 Å². The first-order valence-corrected chi connectivity index (χ1v) is 12.7. The Balaban J connectivity index is 1.30. The van der Waals surface area contributed by atoms with E-state index in [2.05, 4.69) is 0 Å². The Bertz CT molecular complexity index is 924. The molecule has 0 radical (unpaired) electrons. The summed E-state index contributed by atoms with van der Waals surface area (Å²) in [5, 5.41) is 0. The van der Waals surface area contributed by atoms with Crippen LogP contribution in [0.2, 0.25) is 0 Å². The highest BCUT2D eigenvalue weighted by Crippen LogP contribution is 2.60. The molecule has 4 aliphatic carbocycles. The van der Waals surface area contributed by atoms with E-state index in [0.717, 1.165) is 48.3 Å². The van der Waals surface area contributed by atoms with Gasteiger partial charge in [0.1, 0.15) is 11.6 Å². The van der Waals surface area contributed by atoms with Gasteiger partial charge in [-0.25, -0.2) is 17.5 Å². The Morgan fingerprint density at radius 1 is 1.10 bits per heavy atom. The average Bonchev–Trinajstić information content (AvgIpc) is 3.09. The number of rotatable bonds is 6. The Labute approximate surface area is 171 Å². The van der Waals surface area contributed by atoms with E-state index in [1.54, 1.807) is 0 Å². The number of ether oxygens (including phenoxy) is 1. The number of halogens is 1. The molecule has 1 aromatic carbocycles. The lowest BCUT2D eigenvalue weighted by atomic mass is 9.82. The molecule has 29 heavy (non-hydrogen) atoms. The van der Waals surface area contributed by atoms with Crippen molar-refractivity contribution in [3.63, 3.8) is 0 Å². The molecular weight excluding hydrogens is 393 g/mol. The van der Waals surface area contributed by atoms with Gasteiger partial charge in [0.25, 0.3) is 5.91 Å². The van der Waals surface area contributed by atoms with E-state index < -0.39 is 21.7 Å². The Morgan fingerprint density at radius 2 is 1.76 bits per heavy atom.